The van der Waals surface area contributed by atoms with Crippen molar-refractivity contribution in [2.75, 3.05) is 0 Å². The van der Waals surface area contributed by atoms with Crippen molar-refractivity contribution in [2.45, 2.75) is 9.92 Å². The first-order valence-electron chi connectivity index (χ1n) is 3.40. The second-order valence-corrected chi connectivity index (χ2v) is 5.81. The molecule has 0 amide bonds. The van der Waals surface area contributed by atoms with Gasteiger partial charge in [0.25, 0.3) is 9.05 Å². The molecular formula is C7H5Cl3O3S. The lowest BCUT2D eigenvalue weighted by Gasteiger charge is -2.08. The molecule has 1 aromatic carbocycles. The van der Waals surface area contributed by atoms with E-state index in [1.54, 1.807) is 6.07 Å². The minimum Gasteiger partial charge on any atom is -0.459 e. The summed E-state index contributed by atoms with van der Waals surface area (Å²) in [4.78, 5) is -0.159. The van der Waals surface area contributed by atoms with Crippen LogP contribution in [0.2, 0.25) is 0 Å². The number of hydrogen-bond donors (Lipinski definition) is 0. The van der Waals surface area contributed by atoms with Crippen LogP contribution in [0.4, 0.5) is 0 Å². The van der Waals surface area contributed by atoms with Gasteiger partial charge < -0.3 is 4.74 Å². The molecule has 1 rings (SSSR count). The van der Waals surface area contributed by atoms with Crippen molar-refractivity contribution in [3.8, 4) is 5.75 Å². The van der Waals surface area contributed by atoms with Gasteiger partial charge in [-0.05, 0) is 12.1 Å². The Morgan fingerprint density at radius 2 is 1.79 bits per heavy atom. The Hall–Kier alpha value is -0.160. The zero-order valence-corrected chi connectivity index (χ0v) is 9.74. The minimum atomic E-state index is -3.85. The van der Waals surface area contributed by atoms with Crippen molar-refractivity contribution >= 4 is 42.9 Å². The molecule has 0 unspecified atom stereocenters. The summed E-state index contributed by atoms with van der Waals surface area (Å²) in [7, 11) is 1.30. The van der Waals surface area contributed by atoms with E-state index in [1.807, 2.05) is 0 Å². The zero-order valence-electron chi connectivity index (χ0n) is 6.65. The van der Waals surface area contributed by atoms with Crippen LogP contribution in [0, 0.1) is 0 Å². The average Bonchev–Trinajstić information content (AvgIpc) is 2.01. The number of hydrogen-bond acceptors (Lipinski definition) is 3. The van der Waals surface area contributed by atoms with Crippen LogP contribution in [-0.2, 0) is 9.05 Å². The third-order valence-electron chi connectivity index (χ3n) is 1.33. The van der Waals surface area contributed by atoms with Crippen molar-refractivity contribution in [3.63, 3.8) is 0 Å². The van der Waals surface area contributed by atoms with Gasteiger partial charge in [-0.25, -0.2) is 8.42 Å². The van der Waals surface area contributed by atoms with Gasteiger partial charge >= 0.3 is 0 Å². The smallest absolute Gasteiger partial charge is 0.264 e. The average molecular weight is 276 g/mol. The van der Waals surface area contributed by atoms with Gasteiger partial charge in [-0.1, -0.05) is 35.3 Å². The van der Waals surface area contributed by atoms with Crippen molar-refractivity contribution in [3.05, 3.63) is 24.3 Å². The molecule has 0 fully saturated rings. The second kappa shape index (κ2) is 4.57. The van der Waals surface area contributed by atoms with Crippen LogP contribution in [0.5, 0.6) is 5.75 Å². The summed E-state index contributed by atoms with van der Waals surface area (Å²) < 4.78 is 26.9. The molecule has 0 aromatic heterocycles. The molecule has 0 saturated carbocycles. The molecule has 0 N–H and O–H groups in total. The van der Waals surface area contributed by atoms with Gasteiger partial charge in [0.2, 0.25) is 5.02 Å². The van der Waals surface area contributed by atoms with Crippen molar-refractivity contribution in [1.29, 1.82) is 0 Å². The van der Waals surface area contributed by atoms with Gasteiger partial charge in [0.05, 0.1) is 0 Å². The lowest BCUT2D eigenvalue weighted by molar-refractivity contribution is 0.345. The molecule has 1 aromatic rings. The molecule has 0 atom stereocenters. The molecule has 7 heteroatoms. The molecule has 0 aliphatic heterocycles. The van der Waals surface area contributed by atoms with Gasteiger partial charge in [-0.3, -0.25) is 0 Å². The Balaban J connectivity index is 3.17. The molecule has 0 saturated heterocycles. The summed E-state index contributed by atoms with van der Waals surface area (Å²) in [6, 6.07) is 5.80. The largest absolute Gasteiger partial charge is 0.459 e. The van der Waals surface area contributed by atoms with Gasteiger partial charge in [0, 0.05) is 10.7 Å². The number of ether oxygens (including phenoxy) is 1. The van der Waals surface area contributed by atoms with Crippen molar-refractivity contribution in [2.24, 2.45) is 0 Å². The van der Waals surface area contributed by atoms with Gasteiger partial charge in [-0.2, -0.15) is 0 Å². The molecule has 78 valence electrons. The Bertz CT molecular complexity index is 416. The molecule has 14 heavy (non-hydrogen) atoms. The number of rotatable bonds is 3. The molecule has 0 heterocycles. The Labute approximate surface area is 95.9 Å². The van der Waals surface area contributed by atoms with Crippen LogP contribution in [0.15, 0.2) is 29.2 Å². The highest BCUT2D eigenvalue weighted by molar-refractivity contribution is 8.13. The standard InChI is InChI=1S/C7H5Cl3O3S/c8-7(9)13-5-3-1-2-4-6(5)14(10,11)12/h1-4,7H. The minimum absolute atomic E-state index is 0.0255. The maximum atomic E-state index is 11.0. The van der Waals surface area contributed by atoms with Crippen LogP contribution in [0.3, 0.4) is 0 Å². The molecule has 0 bridgehead atoms. The highest BCUT2D eigenvalue weighted by atomic mass is 35.7. The summed E-state index contributed by atoms with van der Waals surface area (Å²) in [5.74, 6) is 0.0255. The van der Waals surface area contributed by atoms with E-state index in [2.05, 4.69) is 0 Å². The van der Waals surface area contributed by atoms with E-state index >= 15 is 0 Å². The van der Waals surface area contributed by atoms with Gasteiger partial charge in [0.15, 0.2) is 0 Å². The number of halogens is 3. The summed E-state index contributed by atoms with van der Waals surface area (Å²) in [5, 5.41) is -1.14. The van der Waals surface area contributed by atoms with E-state index in [4.69, 9.17) is 38.6 Å². The maximum absolute atomic E-state index is 11.0. The van der Waals surface area contributed by atoms with E-state index < -0.39 is 14.1 Å². The fourth-order valence-corrected chi connectivity index (χ4v) is 2.02. The Kier molecular flexibility index (Phi) is 3.89. The van der Waals surface area contributed by atoms with E-state index in [0.717, 1.165) is 0 Å². The predicted molar refractivity (Wildman–Crippen MR) is 55.6 cm³/mol. The third kappa shape index (κ3) is 3.20. The molecular weight excluding hydrogens is 270 g/mol. The molecule has 0 aliphatic rings. The van der Waals surface area contributed by atoms with Gasteiger partial charge in [0.1, 0.15) is 10.6 Å². The molecule has 0 aliphatic carbocycles. The first kappa shape index (κ1) is 11.9. The van der Waals surface area contributed by atoms with Crippen molar-refractivity contribution < 1.29 is 13.2 Å². The van der Waals surface area contributed by atoms with Crippen molar-refractivity contribution in [1.82, 2.24) is 0 Å². The molecule has 3 nitrogen and oxygen atoms in total. The van der Waals surface area contributed by atoms with Crippen LogP contribution >= 0.6 is 33.9 Å². The second-order valence-electron chi connectivity index (χ2n) is 2.26. The summed E-state index contributed by atoms with van der Waals surface area (Å²) in [6.07, 6.45) is 0. The fraction of sp³-hybridized carbons (Fsp3) is 0.143. The number of benzene rings is 1. The molecule has 0 radical (unpaired) electrons. The quantitative estimate of drug-likeness (QED) is 0.629. The molecule has 0 spiro atoms. The van der Waals surface area contributed by atoms with E-state index in [9.17, 15) is 8.42 Å². The zero-order chi connectivity index (χ0) is 10.8. The van der Waals surface area contributed by atoms with E-state index in [1.165, 1.54) is 18.2 Å². The maximum Gasteiger partial charge on any atom is 0.264 e. The first-order chi connectivity index (χ1) is 6.41. The summed E-state index contributed by atoms with van der Waals surface area (Å²) in [6.45, 7) is 0. The predicted octanol–water partition coefficient (Wildman–Crippen LogP) is 2.75. The first-order valence-corrected chi connectivity index (χ1v) is 6.58. The topological polar surface area (TPSA) is 43.4 Å². The van der Waals surface area contributed by atoms with Crippen LogP contribution < -0.4 is 4.74 Å². The lowest BCUT2D eigenvalue weighted by atomic mass is 10.3. The van der Waals surface area contributed by atoms with Crippen LogP contribution in [-0.4, -0.2) is 13.4 Å². The normalized spacial score (nSPS) is 11.7. The van der Waals surface area contributed by atoms with E-state index in [-0.39, 0.29) is 10.6 Å². The highest BCUT2D eigenvalue weighted by Gasteiger charge is 2.17. The Morgan fingerprint density at radius 3 is 2.29 bits per heavy atom. The van der Waals surface area contributed by atoms with Crippen LogP contribution in [0.25, 0.3) is 0 Å². The number of alkyl halides is 2. The highest BCUT2D eigenvalue weighted by Crippen LogP contribution is 2.28. The van der Waals surface area contributed by atoms with Crippen LogP contribution in [0.1, 0.15) is 0 Å². The fourth-order valence-electron chi connectivity index (χ4n) is 0.845. The third-order valence-corrected chi connectivity index (χ3v) is 2.87. The SMILES string of the molecule is O=S(=O)(Cl)c1ccccc1OC(Cl)Cl. The van der Waals surface area contributed by atoms with Gasteiger partial charge in [-0.15, -0.1) is 0 Å². The van der Waals surface area contributed by atoms with E-state index in [0.29, 0.717) is 0 Å². The summed E-state index contributed by atoms with van der Waals surface area (Å²) in [5.41, 5.74) is 0. The summed E-state index contributed by atoms with van der Waals surface area (Å²) >= 11 is 10.7. The lowest BCUT2D eigenvalue weighted by Crippen LogP contribution is -2.03. The number of para-hydroxylation sites is 1. The monoisotopic (exact) mass is 274 g/mol. The Morgan fingerprint density at radius 1 is 1.21 bits per heavy atom.